The number of benzene rings is 2. The summed E-state index contributed by atoms with van der Waals surface area (Å²) in [5.74, 6) is -1.50. The Bertz CT molecular complexity index is 993. The van der Waals surface area contributed by atoms with Gasteiger partial charge in [-0.3, -0.25) is 4.79 Å². The molecular formula is C21H21F2N3O2. The number of amides is 1. The summed E-state index contributed by atoms with van der Waals surface area (Å²) in [6.07, 6.45) is 3.67. The second-order valence-corrected chi connectivity index (χ2v) is 7.11. The van der Waals surface area contributed by atoms with E-state index in [1.807, 2.05) is 0 Å². The summed E-state index contributed by atoms with van der Waals surface area (Å²) < 4.78 is 32.8. The van der Waals surface area contributed by atoms with Gasteiger partial charge in [-0.05, 0) is 50.2 Å². The van der Waals surface area contributed by atoms with Crippen molar-refractivity contribution < 1.29 is 18.3 Å². The van der Waals surface area contributed by atoms with Crippen LogP contribution in [0.5, 0.6) is 5.75 Å². The fourth-order valence-electron chi connectivity index (χ4n) is 3.39. The predicted octanol–water partition coefficient (Wildman–Crippen LogP) is 4.17. The number of likely N-dealkylation sites (tertiary alicyclic amines) is 1. The van der Waals surface area contributed by atoms with Crippen molar-refractivity contribution in [1.82, 2.24) is 9.88 Å². The zero-order valence-corrected chi connectivity index (χ0v) is 15.5. The number of ether oxygens (including phenoxy) is 1. The molecular weight excluding hydrogens is 364 g/mol. The molecule has 1 amide bonds. The van der Waals surface area contributed by atoms with Gasteiger partial charge in [-0.25, -0.2) is 8.78 Å². The van der Waals surface area contributed by atoms with E-state index in [9.17, 15) is 13.6 Å². The van der Waals surface area contributed by atoms with Crippen LogP contribution < -0.4 is 10.1 Å². The fourth-order valence-corrected chi connectivity index (χ4v) is 3.39. The minimum absolute atomic E-state index is 0.192. The number of aromatic nitrogens is 1. The van der Waals surface area contributed by atoms with E-state index in [0.717, 1.165) is 43.8 Å². The van der Waals surface area contributed by atoms with Crippen LogP contribution >= 0.6 is 0 Å². The van der Waals surface area contributed by atoms with Gasteiger partial charge in [-0.1, -0.05) is 0 Å². The maximum atomic E-state index is 13.5. The van der Waals surface area contributed by atoms with Crippen LogP contribution in [0.1, 0.15) is 23.2 Å². The first kappa shape index (κ1) is 18.4. The lowest BCUT2D eigenvalue weighted by Gasteiger charge is -2.29. The smallest absolute Gasteiger partial charge is 0.255 e. The third-order valence-corrected chi connectivity index (χ3v) is 5.06. The number of carbonyl (C=O) groups is 1. The molecule has 1 aliphatic heterocycles. The molecule has 0 bridgehead atoms. The highest BCUT2D eigenvalue weighted by Gasteiger charge is 2.18. The SMILES string of the molecule is CN1CCC(Oc2ccc(C(=O)Nc3c[nH]c4cc(F)c(F)cc34)cc2)CC1. The van der Waals surface area contributed by atoms with Crippen LogP contribution in [0, 0.1) is 11.6 Å². The molecule has 2 heterocycles. The molecule has 0 spiro atoms. The molecule has 0 radical (unpaired) electrons. The van der Waals surface area contributed by atoms with E-state index in [4.69, 9.17) is 4.74 Å². The lowest BCUT2D eigenvalue weighted by molar-refractivity contribution is 0.102. The zero-order valence-electron chi connectivity index (χ0n) is 15.5. The van der Waals surface area contributed by atoms with Gasteiger partial charge >= 0.3 is 0 Å². The van der Waals surface area contributed by atoms with Crippen molar-refractivity contribution in [3.63, 3.8) is 0 Å². The topological polar surface area (TPSA) is 57.4 Å². The van der Waals surface area contributed by atoms with Gasteiger partial charge in [0.1, 0.15) is 11.9 Å². The number of H-pyrrole nitrogens is 1. The summed E-state index contributed by atoms with van der Waals surface area (Å²) in [5, 5.41) is 3.14. The first-order valence-electron chi connectivity index (χ1n) is 9.22. The second kappa shape index (κ2) is 7.59. The Kier molecular flexibility index (Phi) is 5.00. The highest BCUT2D eigenvalue weighted by atomic mass is 19.2. The van der Waals surface area contributed by atoms with E-state index in [1.165, 1.54) is 6.20 Å². The summed E-state index contributed by atoms with van der Waals surface area (Å²) in [4.78, 5) is 17.6. The van der Waals surface area contributed by atoms with Crippen molar-refractivity contribution in [1.29, 1.82) is 0 Å². The highest BCUT2D eigenvalue weighted by Crippen LogP contribution is 2.26. The van der Waals surface area contributed by atoms with Crippen molar-refractivity contribution in [2.75, 3.05) is 25.5 Å². The zero-order chi connectivity index (χ0) is 19.7. The number of nitrogens with zero attached hydrogens (tertiary/aromatic N) is 1. The average molecular weight is 385 g/mol. The molecule has 0 atom stereocenters. The maximum Gasteiger partial charge on any atom is 0.255 e. The van der Waals surface area contributed by atoms with Crippen molar-refractivity contribution in [3.05, 3.63) is 59.8 Å². The third kappa shape index (κ3) is 3.84. The Morgan fingerprint density at radius 3 is 2.54 bits per heavy atom. The monoisotopic (exact) mass is 385 g/mol. The van der Waals surface area contributed by atoms with Crippen LogP contribution in [0.25, 0.3) is 10.9 Å². The van der Waals surface area contributed by atoms with Crippen molar-refractivity contribution in [2.45, 2.75) is 18.9 Å². The normalized spacial score (nSPS) is 15.7. The maximum absolute atomic E-state index is 13.5. The predicted molar refractivity (Wildman–Crippen MR) is 104 cm³/mol. The number of halogens is 2. The van der Waals surface area contributed by atoms with E-state index in [1.54, 1.807) is 24.3 Å². The van der Waals surface area contributed by atoms with Crippen LogP contribution in [0.4, 0.5) is 14.5 Å². The fraction of sp³-hybridized carbons (Fsp3) is 0.286. The summed E-state index contributed by atoms with van der Waals surface area (Å²) in [6, 6.07) is 9.06. The summed E-state index contributed by atoms with van der Waals surface area (Å²) in [5.41, 5.74) is 1.26. The number of carbonyl (C=O) groups excluding carboxylic acids is 1. The summed E-state index contributed by atoms with van der Waals surface area (Å²) in [6.45, 7) is 2.03. The highest BCUT2D eigenvalue weighted by molar-refractivity contribution is 6.09. The number of nitrogens with one attached hydrogen (secondary N) is 2. The van der Waals surface area contributed by atoms with Gasteiger partial charge in [0, 0.05) is 36.3 Å². The lowest BCUT2D eigenvalue weighted by atomic mass is 10.1. The van der Waals surface area contributed by atoms with Crippen LogP contribution in [-0.2, 0) is 0 Å². The molecule has 1 aromatic heterocycles. The van der Waals surface area contributed by atoms with Crippen LogP contribution in [0.2, 0.25) is 0 Å². The molecule has 146 valence electrons. The van der Waals surface area contributed by atoms with Crippen LogP contribution in [0.15, 0.2) is 42.6 Å². The van der Waals surface area contributed by atoms with Crippen LogP contribution in [-0.4, -0.2) is 42.0 Å². The first-order chi connectivity index (χ1) is 13.5. The third-order valence-electron chi connectivity index (χ3n) is 5.06. The van der Waals surface area contributed by atoms with Crippen molar-refractivity contribution in [3.8, 4) is 5.75 Å². The molecule has 7 heteroatoms. The number of piperidine rings is 1. The van der Waals surface area contributed by atoms with Crippen molar-refractivity contribution >= 4 is 22.5 Å². The Morgan fingerprint density at radius 2 is 1.82 bits per heavy atom. The van der Waals surface area contributed by atoms with Gasteiger partial charge in [0.15, 0.2) is 11.6 Å². The molecule has 1 aliphatic rings. The van der Waals surface area contributed by atoms with E-state index >= 15 is 0 Å². The molecule has 2 N–H and O–H groups in total. The standard InChI is InChI=1S/C21H21F2N3O2/c1-26-8-6-15(7-9-26)28-14-4-2-13(3-5-14)21(27)25-20-12-24-19-11-18(23)17(22)10-16(19)20/h2-5,10-12,15,24H,6-9H2,1H3,(H,25,27). The van der Waals surface area contributed by atoms with Crippen molar-refractivity contribution in [2.24, 2.45) is 0 Å². The number of hydrogen-bond acceptors (Lipinski definition) is 3. The second-order valence-electron chi connectivity index (χ2n) is 7.11. The van der Waals surface area contributed by atoms with Crippen LogP contribution in [0.3, 0.4) is 0 Å². The molecule has 3 aromatic rings. The Hall–Kier alpha value is -2.93. The number of fused-ring (bicyclic) bond motifs is 1. The van der Waals surface area contributed by atoms with Gasteiger partial charge in [0.05, 0.1) is 11.2 Å². The Balaban J connectivity index is 1.43. The lowest BCUT2D eigenvalue weighted by Crippen LogP contribution is -2.35. The molecule has 0 aliphatic carbocycles. The number of anilines is 1. The largest absolute Gasteiger partial charge is 0.490 e. The molecule has 1 saturated heterocycles. The molecule has 5 nitrogen and oxygen atoms in total. The van der Waals surface area contributed by atoms with Gasteiger partial charge < -0.3 is 19.9 Å². The van der Waals surface area contributed by atoms with E-state index < -0.39 is 11.6 Å². The molecule has 28 heavy (non-hydrogen) atoms. The van der Waals surface area contributed by atoms with E-state index in [2.05, 4.69) is 22.2 Å². The van der Waals surface area contributed by atoms with Gasteiger partial charge in [0.25, 0.3) is 5.91 Å². The Labute approximate surface area is 161 Å². The number of aromatic amines is 1. The minimum Gasteiger partial charge on any atom is -0.490 e. The number of hydrogen-bond donors (Lipinski definition) is 2. The Morgan fingerprint density at radius 1 is 1.14 bits per heavy atom. The summed E-state index contributed by atoms with van der Waals surface area (Å²) in [7, 11) is 2.10. The average Bonchev–Trinajstić information content (AvgIpc) is 3.06. The first-order valence-corrected chi connectivity index (χ1v) is 9.22. The quantitative estimate of drug-likeness (QED) is 0.709. The molecule has 0 saturated carbocycles. The van der Waals surface area contributed by atoms with Gasteiger partial charge in [-0.15, -0.1) is 0 Å². The molecule has 4 rings (SSSR count). The number of rotatable bonds is 4. The minimum atomic E-state index is -0.960. The molecule has 2 aromatic carbocycles. The van der Waals surface area contributed by atoms with Gasteiger partial charge in [-0.2, -0.15) is 0 Å². The summed E-state index contributed by atoms with van der Waals surface area (Å²) >= 11 is 0. The molecule has 0 unspecified atom stereocenters. The van der Waals surface area contributed by atoms with Gasteiger partial charge in [0.2, 0.25) is 0 Å². The van der Waals surface area contributed by atoms with E-state index in [0.29, 0.717) is 22.2 Å². The molecule has 1 fully saturated rings. The van der Waals surface area contributed by atoms with E-state index in [-0.39, 0.29) is 12.0 Å².